The SMILES string of the molecule is CC[PH+](N=P(N(C)C)(N(C)C)N(C)C)N(C)C. The Balaban J connectivity index is 5.65. The number of hydrogen-bond donors (Lipinski definition) is 0. The minimum atomic E-state index is -1.71. The average Bonchev–Trinajstić information content (AvgIpc) is 2.16. The van der Waals surface area contributed by atoms with E-state index in [0.29, 0.717) is 0 Å². The molecular weight excluding hydrogens is 252 g/mol. The quantitative estimate of drug-likeness (QED) is 0.698. The van der Waals surface area contributed by atoms with Gasteiger partial charge in [0.25, 0.3) is 0 Å². The first-order valence-electron chi connectivity index (χ1n) is 5.89. The zero-order chi connectivity index (χ0) is 13.8. The van der Waals surface area contributed by atoms with Crippen LogP contribution in [0.3, 0.4) is 0 Å². The predicted molar refractivity (Wildman–Crippen MR) is 83.0 cm³/mol. The molecule has 1 unspecified atom stereocenters. The van der Waals surface area contributed by atoms with Gasteiger partial charge in [-0.25, -0.2) is 14.0 Å². The van der Waals surface area contributed by atoms with Crippen LogP contribution in [0.15, 0.2) is 4.52 Å². The molecule has 104 valence electrons. The Bertz CT molecular complexity index is 247. The molecule has 0 heterocycles. The molecule has 0 saturated heterocycles. The van der Waals surface area contributed by atoms with E-state index >= 15 is 0 Å². The van der Waals surface area contributed by atoms with Crippen molar-refractivity contribution < 1.29 is 0 Å². The van der Waals surface area contributed by atoms with Crippen molar-refractivity contribution in [2.75, 3.05) is 62.5 Å². The summed E-state index contributed by atoms with van der Waals surface area (Å²) in [5, 5.41) is 0. The zero-order valence-corrected chi connectivity index (χ0v) is 14.8. The van der Waals surface area contributed by atoms with Crippen LogP contribution in [0.4, 0.5) is 0 Å². The molecule has 0 radical (unpaired) electrons. The van der Waals surface area contributed by atoms with Crippen LogP contribution >= 0.6 is 15.7 Å². The molecule has 0 spiro atoms. The highest BCUT2D eigenvalue weighted by Gasteiger charge is 2.33. The summed E-state index contributed by atoms with van der Waals surface area (Å²) in [6.45, 7) is 2.23. The molecule has 0 aliphatic carbocycles. The van der Waals surface area contributed by atoms with E-state index in [4.69, 9.17) is 4.52 Å². The predicted octanol–water partition coefficient (Wildman–Crippen LogP) is 2.24. The van der Waals surface area contributed by atoms with Gasteiger partial charge in [-0.2, -0.15) is 4.67 Å². The molecular formula is C10H30N5P2+. The van der Waals surface area contributed by atoms with Crippen molar-refractivity contribution in [1.29, 1.82) is 0 Å². The first-order chi connectivity index (χ1) is 7.70. The molecule has 0 saturated carbocycles. The Labute approximate surface area is 109 Å². The summed E-state index contributed by atoms with van der Waals surface area (Å²) >= 11 is 0. The van der Waals surface area contributed by atoms with E-state index in [9.17, 15) is 0 Å². The molecule has 0 aromatic heterocycles. The lowest BCUT2D eigenvalue weighted by atomic mass is 11.0. The van der Waals surface area contributed by atoms with E-state index in [1.807, 2.05) is 0 Å². The molecule has 7 heteroatoms. The Morgan fingerprint density at radius 2 is 1.18 bits per heavy atom. The summed E-state index contributed by atoms with van der Waals surface area (Å²) in [7, 11) is 14.5. The van der Waals surface area contributed by atoms with E-state index in [2.05, 4.69) is 82.0 Å². The maximum atomic E-state index is 5.24. The summed E-state index contributed by atoms with van der Waals surface area (Å²) in [6, 6.07) is 0. The first kappa shape index (κ1) is 17.5. The summed E-state index contributed by atoms with van der Waals surface area (Å²) in [5.41, 5.74) is 0. The molecule has 0 aliphatic rings. The van der Waals surface area contributed by atoms with Crippen LogP contribution < -0.4 is 0 Å². The minimum absolute atomic E-state index is 0.808. The van der Waals surface area contributed by atoms with E-state index in [1.165, 1.54) is 0 Å². The number of hydrogen-bond acceptors (Lipinski definition) is 2. The normalized spacial score (nSPS) is 15.1. The van der Waals surface area contributed by atoms with Gasteiger partial charge in [-0.3, -0.25) is 0 Å². The maximum absolute atomic E-state index is 5.24. The molecule has 0 N–H and O–H groups in total. The molecule has 0 fully saturated rings. The largest absolute Gasteiger partial charge is 0.249 e. The molecule has 0 aromatic carbocycles. The number of rotatable bonds is 6. The Kier molecular flexibility index (Phi) is 7.39. The van der Waals surface area contributed by atoms with Gasteiger partial charge < -0.3 is 0 Å². The lowest BCUT2D eigenvalue weighted by Crippen LogP contribution is -2.30. The molecule has 0 aliphatic heterocycles. The Morgan fingerprint density at radius 1 is 0.824 bits per heavy atom. The molecule has 0 aromatic rings. The van der Waals surface area contributed by atoms with Crippen LogP contribution in [0.5, 0.6) is 0 Å². The third-order valence-electron chi connectivity index (χ3n) is 2.69. The highest BCUT2D eigenvalue weighted by molar-refractivity contribution is 7.68. The van der Waals surface area contributed by atoms with Gasteiger partial charge in [0.05, 0.1) is 6.16 Å². The average molecular weight is 282 g/mol. The van der Waals surface area contributed by atoms with E-state index in [0.717, 1.165) is 6.16 Å². The van der Waals surface area contributed by atoms with Gasteiger partial charge in [0.15, 0.2) is 8.22 Å². The van der Waals surface area contributed by atoms with E-state index < -0.39 is 15.7 Å². The lowest BCUT2D eigenvalue weighted by molar-refractivity contribution is 0.475. The van der Waals surface area contributed by atoms with Crippen molar-refractivity contribution in [1.82, 2.24) is 18.7 Å². The van der Waals surface area contributed by atoms with E-state index in [-0.39, 0.29) is 0 Å². The second-order valence-electron chi connectivity index (χ2n) is 4.84. The molecule has 0 bridgehead atoms. The molecule has 0 amide bonds. The monoisotopic (exact) mass is 282 g/mol. The highest BCUT2D eigenvalue weighted by atomic mass is 31.2. The highest BCUT2D eigenvalue weighted by Crippen LogP contribution is 2.61. The maximum Gasteiger partial charge on any atom is 0.209 e. The Morgan fingerprint density at radius 3 is 1.35 bits per heavy atom. The fraction of sp³-hybridized carbons (Fsp3) is 1.00. The minimum Gasteiger partial charge on any atom is -0.249 e. The Hall–Kier alpha value is 0.500. The van der Waals surface area contributed by atoms with Crippen LogP contribution in [0.1, 0.15) is 6.92 Å². The summed E-state index contributed by atoms with van der Waals surface area (Å²) in [4.78, 5) is 0. The second-order valence-corrected chi connectivity index (χ2v) is 11.5. The lowest BCUT2D eigenvalue weighted by Gasteiger charge is -2.39. The van der Waals surface area contributed by atoms with Gasteiger partial charge in [0, 0.05) is 14.1 Å². The fourth-order valence-electron chi connectivity index (χ4n) is 1.97. The third kappa shape index (κ3) is 3.99. The van der Waals surface area contributed by atoms with Crippen LogP contribution in [0.25, 0.3) is 0 Å². The van der Waals surface area contributed by atoms with Crippen molar-refractivity contribution in [2.45, 2.75) is 6.92 Å². The zero-order valence-electron chi connectivity index (χ0n) is 12.9. The molecule has 17 heavy (non-hydrogen) atoms. The van der Waals surface area contributed by atoms with Gasteiger partial charge >= 0.3 is 0 Å². The standard InChI is InChI=1S/C10H29N5P2/c1-10-16(12(2)3)11-17(13(4)5,14(6)7)15(8)9/h10H2,1-9H3/p+1. The van der Waals surface area contributed by atoms with Gasteiger partial charge in [0.2, 0.25) is 7.51 Å². The third-order valence-corrected chi connectivity index (χ3v) is 9.57. The van der Waals surface area contributed by atoms with Crippen molar-refractivity contribution in [3.63, 3.8) is 0 Å². The van der Waals surface area contributed by atoms with E-state index in [1.54, 1.807) is 0 Å². The van der Waals surface area contributed by atoms with Crippen LogP contribution in [0.2, 0.25) is 0 Å². The molecule has 1 atom stereocenters. The first-order valence-corrected chi connectivity index (χ1v) is 9.09. The van der Waals surface area contributed by atoms with Crippen molar-refractivity contribution in [2.24, 2.45) is 4.52 Å². The fourth-order valence-corrected chi connectivity index (χ4v) is 9.42. The van der Waals surface area contributed by atoms with Crippen LogP contribution in [-0.4, -0.2) is 81.2 Å². The summed E-state index contributed by atoms with van der Waals surface area (Å²) < 4.78 is 14.4. The van der Waals surface area contributed by atoms with Crippen LogP contribution in [-0.2, 0) is 0 Å². The second kappa shape index (κ2) is 7.18. The van der Waals surface area contributed by atoms with Gasteiger partial charge in [0.1, 0.15) is 0 Å². The topological polar surface area (TPSA) is 25.3 Å². The molecule has 5 nitrogen and oxygen atoms in total. The molecule has 0 rings (SSSR count). The van der Waals surface area contributed by atoms with Crippen LogP contribution in [0, 0.1) is 0 Å². The van der Waals surface area contributed by atoms with Gasteiger partial charge in [-0.05, 0) is 49.2 Å². The van der Waals surface area contributed by atoms with Gasteiger partial charge in [-0.1, -0.05) is 4.52 Å². The summed E-state index contributed by atoms with van der Waals surface area (Å²) in [5.74, 6) is 0. The van der Waals surface area contributed by atoms with Crippen molar-refractivity contribution >= 4 is 15.7 Å². The van der Waals surface area contributed by atoms with Crippen molar-refractivity contribution in [3.8, 4) is 0 Å². The smallest absolute Gasteiger partial charge is 0.209 e. The van der Waals surface area contributed by atoms with Gasteiger partial charge in [-0.15, -0.1) is 0 Å². The number of nitrogens with zero attached hydrogens (tertiary/aromatic N) is 5. The van der Waals surface area contributed by atoms with Crippen molar-refractivity contribution in [3.05, 3.63) is 0 Å². The summed E-state index contributed by atoms with van der Waals surface area (Å²) in [6.07, 6.45) is 1.13.